The fourth-order valence-corrected chi connectivity index (χ4v) is 2.35. The third kappa shape index (κ3) is 3.31. The summed E-state index contributed by atoms with van der Waals surface area (Å²) in [4.78, 5) is 4.22. The third-order valence-corrected chi connectivity index (χ3v) is 2.97. The summed E-state index contributed by atoms with van der Waals surface area (Å²) in [5.41, 5.74) is 0.924. The first-order valence-electron chi connectivity index (χ1n) is 5.25. The van der Waals surface area contributed by atoms with Crippen molar-refractivity contribution in [2.75, 3.05) is 13.6 Å². The summed E-state index contributed by atoms with van der Waals surface area (Å²) in [5.74, 6) is 1.46. The van der Waals surface area contributed by atoms with Gasteiger partial charge < -0.3 is 9.73 Å². The Kier molecular flexibility index (Phi) is 4.20. The normalized spacial score (nSPS) is 10.8. The molecule has 1 N–H and O–H groups in total. The highest BCUT2D eigenvalue weighted by molar-refractivity contribution is 9.10. The van der Waals surface area contributed by atoms with Gasteiger partial charge in [0.15, 0.2) is 11.7 Å². The van der Waals surface area contributed by atoms with Crippen molar-refractivity contribution in [1.29, 1.82) is 0 Å². The van der Waals surface area contributed by atoms with Crippen LogP contribution in [0.2, 0.25) is 5.02 Å². The molecular weight excluding hydrogens is 304 g/mol. The molecule has 90 valence electrons. The van der Waals surface area contributed by atoms with E-state index in [0.29, 0.717) is 5.02 Å². The molecule has 1 aromatic carbocycles. The van der Waals surface area contributed by atoms with E-state index in [4.69, 9.17) is 16.0 Å². The van der Waals surface area contributed by atoms with Gasteiger partial charge in [-0.3, -0.25) is 0 Å². The second kappa shape index (κ2) is 5.67. The van der Waals surface area contributed by atoms with E-state index >= 15 is 0 Å². The molecule has 0 aliphatic rings. The summed E-state index contributed by atoms with van der Waals surface area (Å²) < 4.78 is 6.58. The van der Waals surface area contributed by atoms with Crippen molar-refractivity contribution in [3.8, 4) is 11.3 Å². The van der Waals surface area contributed by atoms with Crippen molar-refractivity contribution >= 4 is 27.5 Å². The van der Waals surface area contributed by atoms with Gasteiger partial charge in [0.2, 0.25) is 0 Å². The van der Waals surface area contributed by atoms with E-state index in [1.165, 1.54) is 0 Å². The van der Waals surface area contributed by atoms with Crippen LogP contribution in [-0.2, 0) is 6.42 Å². The molecule has 1 aromatic heterocycles. The summed E-state index contributed by atoms with van der Waals surface area (Å²) >= 11 is 9.39. The predicted molar refractivity (Wildman–Crippen MR) is 72.3 cm³/mol. The summed E-state index contributed by atoms with van der Waals surface area (Å²) in [6, 6.07) is 5.65. The molecule has 0 aliphatic carbocycles. The number of likely N-dealkylation sites (N-methyl/N-ethyl adjacent to an activating group) is 1. The van der Waals surface area contributed by atoms with Crippen molar-refractivity contribution < 1.29 is 4.42 Å². The highest BCUT2D eigenvalue weighted by Gasteiger charge is 2.07. The van der Waals surface area contributed by atoms with E-state index in [1.54, 1.807) is 6.20 Å². The highest BCUT2D eigenvalue weighted by Crippen LogP contribution is 2.27. The van der Waals surface area contributed by atoms with E-state index in [1.807, 2.05) is 25.2 Å². The van der Waals surface area contributed by atoms with E-state index in [0.717, 1.165) is 34.7 Å². The number of benzene rings is 1. The zero-order chi connectivity index (χ0) is 12.3. The van der Waals surface area contributed by atoms with E-state index in [9.17, 15) is 0 Å². The lowest BCUT2D eigenvalue weighted by Crippen LogP contribution is -2.10. The van der Waals surface area contributed by atoms with Crippen LogP contribution in [0, 0.1) is 0 Å². The highest BCUT2D eigenvalue weighted by atomic mass is 79.9. The van der Waals surface area contributed by atoms with Gasteiger partial charge in [0.25, 0.3) is 0 Å². The predicted octanol–water partition coefficient (Wildman–Crippen LogP) is 3.52. The molecule has 17 heavy (non-hydrogen) atoms. The number of hydrogen-bond acceptors (Lipinski definition) is 3. The zero-order valence-electron chi connectivity index (χ0n) is 9.34. The van der Waals surface area contributed by atoms with Crippen LogP contribution in [0.4, 0.5) is 0 Å². The molecule has 0 bridgehead atoms. The Morgan fingerprint density at radius 2 is 2.24 bits per heavy atom. The summed E-state index contributed by atoms with van der Waals surface area (Å²) in [5, 5.41) is 3.72. The standard InChI is InChI=1S/C12H12BrClN2O/c1-15-3-2-12-16-7-11(17-12)8-4-9(13)6-10(14)5-8/h4-7,15H,2-3H2,1H3. The Bertz CT molecular complexity index is 493. The SMILES string of the molecule is CNCCc1ncc(-c2cc(Cl)cc(Br)c2)o1. The minimum absolute atomic E-state index is 0.669. The molecule has 0 amide bonds. The van der Waals surface area contributed by atoms with Gasteiger partial charge in [-0.05, 0) is 25.2 Å². The Morgan fingerprint density at radius 3 is 2.94 bits per heavy atom. The maximum absolute atomic E-state index is 5.99. The Morgan fingerprint density at radius 1 is 1.41 bits per heavy atom. The van der Waals surface area contributed by atoms with E-state index in [-0.39, 0.29) is 0 Å². The van der Waals surface area contributed by atoms with Crippen LogP contribution in [0.1, 0.15) is 5.89 Å². The molecule has 1 heterocycles. The maximum Gasteiger partial charge on any atom is 0.196 e. The van der Waals surface area contributed by atoms with Gasteiger partial charge in [-0.25, -0.2) is 4.98 Å². The number of halogens is 2. The molecule has 0 saturated carbocycles. The van der Waals surface area contributed by atoms with E-state index < -0.39 is 0 Å². The lowest BCUT2D eigenvalue weighted by atomic mass is 10.2. The molecule has 0 aliphatic heterocycles. The minimum Gasteiger partial charge on any atom is -0.441 e. The molecule has 2 aromatic rings. The van der Waals surface area contributed by atoms with Gasteiger partial charge in [-0.15, -0.1) is 0 Å². The first kappa shape index (κ1) is 12.6. The average Bonchev–Trinajstić information content (AvgIpc) is 2.73. The molecule has 0 unspecified atom stereocenters. The van der Waals surface area contributed by atoms with Gasteiger partial charge in [-0.1, -0.05) is 27.5 Å². The van der Waals surface area contributed by atoms with Crippen LogP contribution >= 0.6 is 27.5 Å². The van der Waals surface area contributed by atoms with Crippen LogP contribution < -0.4 is 5.32 Å². The smallest absolute Gasteiger partial charge is 0.196 e. The van der Waals surface area contributed by atoms with E-state index in [2.05, 4.69) is 26.2 Å². The number of rotatable bonds is 4. The number of hydrogen-bond donors (Lipinski definition) is 1. The van der Waals surface area contributed by atoms with Gasteiger partial charge in [0.05, 0.1) is 6.20 Å². The second-order valence-electron chi connectivity index (χ2n) is 3.63. The topological polar surface area (TPSA) is 38.1 Å². The van der Waals surface area contributed by atoms with Crippen LogP contribution in [0.3, 0.4) is 0 Å². The largest absolute Gasteiger partial charge is 0.441 e. The lowest BCUT2D eigenvalue weighted by molar-refractivity contribution is 0.501. The molecule has 5 heteroatoms. The lowest BCUT2D eigenvalue weighted by Gasteiger charge is -1.99. The third-order valence-electron chi connectivity index (χ3n) is 2.29. The Labute approximate surface area is 113 Å². The monoisotopic (exact) mass is 314 g/mol. The summed E-state index contributed by atoms with van der Waals surface area (Å²) in [7, 11) is 1.90. The van der Waals surface area contributed by atoms with Crippen molar-refractivity contribution in [3.63, 3.8) is 0 Å². The van der Waals surface area contributed by atoms with Gasteiger partial charge in [0, 0.05) is 28.0 Å². The Hall–Kier alpha value is -0.840. The van der Waals surface area contributed by atoms with Crippen molar-refractivity contribution in [3.05, 3.63) is 39.8 Å². The minimum atomic E-state index is 0.669. The fourth-order valence-electron chi connectivity index (χ4n) is 1.49. The maximum atomic E-state index is 5.99. The van der Waals surface area contributed by atoms with Crippen LogP contribution in [-0.4, -0.2) is 18.6 Å². The van der Waals surface area contributed by atoms with Crippen LogP contribution in [0.5, 0.6) is 0 Å². The number of nitrogens with zero attached hydrogens (tertiary/aromatic N) is 1. The number of oxazole rings is 1. The van der Waals surface area contributed by atoms with Crippen LogP contribution in [0.15, 0.2) is 33.3 Å². The second-order valence-corrected chi connectivity index (χ2v) is 4.98. The Balaban J connectivity index is 2.24. The molecule has 0 radical (unpaired) electrons. The average molecular weight is 316 g/mol. The van der Waals surface area contributed by atoms with Crippen molar-refractivity contribution in [2.45, 2.75) is 6.42 Å². The molecule has 0 saturated heterocycles. The summed E-state index contributed by atoms with van der Waals surface area (Å²) in [6.07, 6.45) is 2.50. The van der Waals surface area contributed by atoms with Crippen LogP contribution in [0.25, 0.3) is 11.3 Å². The first-order chi connectivity index (χ1) is 8.19. The molecule has 0 atom stereocenters. The fraction of sp³-hybridized carbons (Fsp3) is 0.250. The van der Waals surface area contributed by atoms with Gasteiger partial charge in [-0.2, -0.15) is 0 Å². The van der Waals surface area contributed by atoms with Crippen molar-refractivity contribution in [1.82, 2.24) is 10.3 Å². The first-order valence-corrected chi connectivity index (χ1v) is 6.42. The zero-order valence-corrected chi connectivity index (χ0v) is 11.7. The molecular formula is C12H12BrClN2O. The van der Waals surface area contributed by atoms with Crippen molar-refractivity contribution in [2.24, 2.45) is 0 Å². The molecule has 0 fully saturated rings. The molecule has 0 spiro atoms. The number of aromatic nitrogens is 1. The summed E-state index contributed by atoms with van der Waals surface area (Å²) in [6.45, 7) is 0.846. The van der Waals surface area contributed by atoms with Gasteiger partial charge >= 0.3 is 0 Å². The molecule has 2 rings (SSSR count). The molecule has 3 nitrogen and oxygen atoms in total. The quantitative estimate of drug-likeness (QED) is 0.938. The van der Waals surface area contributed by atoms with Gasteiger partial charge in [0.1, 0.15) is 0 Å². The number of nitrogens with one attached hydrogen (secondary N) is 1.